The number of amides is 1. The highest BCUT2D eigenvalue weighted by molar-refractivity contribution is 5.94. The summed E-state index contributed by atoms with van der Waals surface area (Å²) in [6.07, 6.45) is 2.41. The van der Waals surface area contributed by atoms with Crippen molar-refractivity contribution < 1.29 is 9.53 Å². The molecule has 1 aromatic heterocycles. The first-order valence-electron chi connectivity index (χ1n) is 7.63. The Morgan fingerprint density at radius 1 is 1.22 bits per heavy atom. The van der Waals surface area contributed by atoms with Crippen LogP contribution in [0.5, 0.6) is 5.75 Å². The summed E-state index contributed by atoms with van der Waals surface area (Å²) < 4.78 is 5.16. The minimum atomic E-state index is -0.120. The second kappa shape index (κ2) is 7.63. The predicted octanol–water partition coefficient (Wildman–Crippen LogP) is 3.04. The largest absolute Gasteiger partial charge is 0.497 e. The van der Waals surface area contributed by atoms with Crippen LogP contribution in [0.25, 0.3) is 0 Å². The number of carbonyl (C=O) groups excluding carboxylic acids is 1. The van der Waals surface area contributed by atoms with E-state index in [4.69, 9.17) is 4.74 Å². The molecule has 1 aromatic carbocycles. The number of ether oxygens (including phenoxy) is 1. The van der Waals surface area contributed by atoms with Crippen molar-refractivity contribution in [3.8, 4) is 5.75 Å². The molecule has 1 unspecified atom stereocenters. The van der Waals surface area contributed by atoms with Crippen molar-refractivity contribution in [2.75, 3.05) is 26.1 Å². The number of nitrogens with one attached hydrogen (secondary N) is 1. The number of rotatable bonds is 6. The van der Waals surface area contributed by atoms with Gasteiger partial charge in [-0.05, 0) is 36.2 Å². The Kier molecular flexibility index (Phi) is 5.57. The highest BCUT2D eigenvalue weighted by atomic mass is 16.5. The Morgan fingerprint density at radius 3 is 2.39 bits per heavy atom. The Labute approximate surface area is 137 Å². The van der Waals surface area contributed by atoms with Crippen LogP contribution in [0.1, 0.15) is 35.3 Å². The SMILES string of the molecule is CCC(NC(=O)c1ccc(N(C)C)nc1)c1ccc(OC)cc1. The fraction of sp³-hybridized carbons (Fsp3) is 0.333. The molecule has 0 spiro atoms. The van der Waals surface area contributed by atoms with Gasteiger partial charge >= 0.3 is 0 Å². The number of hydrogen-bond acceptors (Lipinski definition) is 4. The van der Waals surface area contributed by atoms with Gasteiger partial charge in [0.1, 0.15) is 11.6 Å². The highest BCUT2D eigenvalue weighted by Gasteiger charge is 2.14. The molecule has 2 rings (SSSR count). The minimum absolute atomic E-state index is 0.0399. The maximum absolute atomic E-state index is 12.4. The van der Waals surface area contributed by atoms with Gasteiger partial charge in [0.05, 0.1) is 18.7 Å². The van der Waals surface area contributed by atoms with Crippen LogP contribution in [0.15, 0.2) is 42.6 Å². The van der Waals surface area contributed by atoms with Crippen molar-refractivity contribution in [2.45, 2.75) is 19.4 Å². The molecule has 0 bridgehead atoms. The molecule has 0 fully saturated rings. The van der Waals surface area contributed by atoms with E-state index < -0.39 is 0 Å². The normalized spacial score (nSPS) is 11.7. The van der Waals surface area contributed by atoms with E-state index in [1.165, 1.54) is 0 Å². The van der Waals surface area contributed by atoms with E-state index >= 15 is 0 Å². The van der Waals surface area contributed by atoms with Gasteiger partial charge in [-0.3, -0.25) is 4.79 Å². The van der Waals surface area contributed by atoms with Crippen molar-refractivity contribution in [3.05, 3.63) is 53.7 Å². The van der Waals surface area contributed by atoms with Gasteiger partial charge in [0.15, 0.2) is 0 Å². The number of carbonyl (C=O) groups is 1. The molecule has 0 aliphatic rings. The summed E-state index contributed by atoms with van der Waals surface area (Å²) in [5.74, 6) is 1.51. The molecule has 1 heterocycles. The molecular weight excluding hydrogens is 290 g/mol. The average Bonchev–Trinajstić information content (AvgIpc) is 2.59. The molecule has 0 radical (unpaired) electrons. The Balaban J connectivity index is 2.09. The summed E-state index contributed by atoms with van der Waals surface area (Å²) >= 11 is 0. The third kappa shape index (κ3) is 4.22. The van der Waals surface area contributed by atoms with E-state index in [1.54, 1.807) is 19.4 Å². The average molecular weight is 313 g/mol. The number of methoxy groups -OCH3 is 1. The molecule has 0 aliphatic heterocycles. The molecule has 0 aliphatic carbocycles. The van der Waals surface area contributed by atoms with E-state index in [-0.39, 0.29) is 11.9 Å². The first-order valence-corrected chi connectivity index (χ1v) is 7.63. The summed E-state index contributed by atoms with van der Waals surface area (Å²) in [5.41, 5.74) is 1.61. The summed E-state index contributed by atoms with van der Waals surface area (Å²) in [7, 11) is 5.47. The first kappa shape index (κ1) is 16.8. The van der Waals surface area contributed by atoms with E-state index in [0.29, 0.717) is 5.56 Å². The lowest BCUT2D eigenvalue weighted by Gasteiger charge is -2.18. The van der Waals surface area contributed by atoms with E-state index in [9.17, 15) is 4.79 Å². The predicted molar refractivity (Wildman–Crippen MR) is 92.1 cm³/mol. The maximum atomic E-state index is 12.4. The van der Waals surface area contributed by atoms with Gasteiger partial charge in [-0.25, -0.2) is 4.98 Å². The standard InChI is InChI=1S/C18H23N3O2/c1-5-16(13-6-9-15(23-4)10-7-13)20-18(22)14-8-11-17(19-12-14)21(2)3/h6-12,16H,5H2,1-4H3,(H,20,22). The molecule has 2 aromatic rings. The second-order valence-electron chi connectivity index (χ2n) is 5.51. The van der Waals surface area contributed by atoms with Crippen LogP contribution in [0, 0.1) is 0 Å². The van der Waals surface area contributed by atoms with Gasteiger partial charge in [-0.1, -0.05) is 19.1 Å². The van der Waals surface area contributed by atoms with Crippen molar-refractivity contribution in [1.82, 2.24) is 10.3 Å². The van der Waals surface area contributed by atoms with Crippen molar-refractivity contribution in [3.63, 3.8) is 0 Å². The zero-order valence-corrected chi connectivity index (χ0v) is 14.0. The molecule has 1 atom stereocenters. The fourth-order valence-electron chi connectivity index (χ4n) is 2.28. The quantitative estimate of drug-likeness (QED) is 0.890. The van der Waals surface area contributed by atoms with E-state index in [1.807, 2.05) is 56.3 Å². The van der Waals surface area contributed by atoms with Crippen LogP contribution in [-0.2, 0) is 0 Å². The highest BCUT2D eigenvalue weighted by Crippen LogP contribution is 2.20. The fourth-order valence-corrected chi connectivity index (χ4v) is 2.28. The van der Waals surface area contributed by atoms with E-state index in [2.05, 4.69) is 10.3 Å². The molecule has 5 heteroatoms. The van der Waals surface area contributed by atoms with Gasteiger partial charge in [0.2, 0.25) is 0 Å². The lowest BCUT2D eigenvalue weighted by molar-refractivity contribution is 0.0935. The molecule has 1 N–H and O–H groups in total. The number of anilines is 1. The third-order valence-electron chi connectivity index (χ3n) is 3.70. The molecule has 23 heavy (non-hydrogen) atoms. The minimum Gasteiger partial charge on any atom is -0.497 e. The monoisotopic (exact) mass is 313 g/mol. The number of hydrogen-bond donors (Lipinski definition) is 1. The van der Waals surface area contributed by atoms with Gasteiger partial charge in [-0.15, -0.1) is 0 Å². The molecule has 0 saturated carbocycles. The van der Waals surface area contributed by atoms with Crippen LogP contribution in [0.3, 0.4) is 0 Å². The maximum Gasteiger partial charge on any atom is 0.253 e. The Hall–Kier alpha value is -2.56. The number of pyridine rings is 1. The smallest absolute Gasteiger partial charge is 0.253 e. The van der Waals surface area contributed by atoms with Gasteiger partial charge in [0, 0.05) is 20.3 Å². The van der Waals surface area contributed by atoms with Crippen molar-refractivity contribution >= 4 is 11.7 Å². The van der Waals surface area contributed by atoms with Crippen molar-refractivity contribution in [2.24, 2.45) is 0 Å². The number of benzene rings is 1. The summed E-state index contributed by atoms with van der Waals surface area (Å²) in [4.78, 5) is 18.6. The van der Waals surface area contributed by atoms with Crippen LogP contribution < -0.4 is 15.0 Å². The third-order valence-corrected chi connectivity index (χ3v) is 3.70. The molecule has 122 valence electrons. The van der Waals surface area contributed by atoms with Gasteiger partial charge in [-0.2, -0.15) is 0 Å². The lowest BCUT2D eigenvalue weighted by Crippen LogP contribution is -2.28. The first-order chi connectivity index (χ1) is 11.0. The molecule has 1 amide bonds. The zero-order valence-electron chi connectivity index (χ0n) is 14.0. The van der Waals surface area contributed by atoms with Crippen molar-refractivity contribution in [1.29, 1.82) is 0 Å². The summed E-state index contributed by atoms with van der Waals surface area (Å²) in [6.45, 7) is 2.04. The summed E-state index contributed by atoms with van der Waals surface area (Å²) in [6, 6.07) is 11.3. The topological polar surface area (TPSA) is 54.5 Å². The summed E-state index contributed by atoms with van der Waals surface area (Å²) in [5, 5.41) is 3.05. The van der Waals surface area contributed by atoms with Gasteiger partial charge in [0.25, 0.3) is 5.91 Å². The molecular formula is C18H23N3O2. The number of nitrogens with zero attached hydrogens (tertiary/aromatic N) is 2. The van der Waals surface area contributed by atoms with E-state index in [0.717, 1.165) is 23.6 Å². The van der Waals surface area contributed by atoms with Crippen LogP contribution >= 0.6 is 0 Å². The molecule has 0 saturated heterocycles. The zero-order chi connectivity index (χ0) is 16.8. The van der Waals surface area contributed by atoms with Crippen LogP contribution in [0.4, 0.5) is 5.82 Å². The second-order valence-corrected chi connectivity index (χ2v) is 5.51. The number of aromatic nitrogens is 1. The molecule has 5 nitrogen and oxygen atoms in total. The van der Waals surface area contributed by atoms with Crippen LogP contribution in [-0.4, -0.2) is 32.1 Å². The van der Waals surface area contributed by atoms with Crippen LogP contribution in [0.2, 0.25) is 0 Å². The Bertz CT molecular complexity index is 636. The lowest BCUT2D eigenvalue weighted by atomic mass is 10.0. The Morgan fingerprint density at radius 2 is 1.91 bits per heavy atom. The van der Waals surface area contributed by atoms with Gasteiger partial charge < -0.3 is 15.0 Å².